The van der Waals surface area contributed by atoms with E-state index >= 15 is 0 Å². The van der Waals surface area contributed by atoms with Crippen molar-refractivity contribution in [2.24, 2.45) is 5.92 Å². The van der Waals surface area contributed by atoms with E-state index in [1.807, 2.05) is 20.8 Å². The summed E-state index contributed by atoms with van der Waals surface area (Å²) in [4.78, 5) is 30.2. The summed E-state index contributed by atoms with van der Waals surface area (Å²) in [7, 11) is 0. The summed E-state index contributed by atoms with van der Waals surface area (Å²) >= 11 is 3.26. The molecular formula is C16H21BrN2O3. The molecule has 1 aliphatic heterocycles. The number of nitrogens with zero attached hydrogens (tertiary/aromatic N) is 2. The molecule has 0 bridgehead atoms. The number of Topliss-reactive ketones (excluding diaryl/α,β-unsaturated/α-hetero) is 1. The largest absolute Gasteiger partial charge is 0.444 e. The molecule has 0 radical (unpaired) electrons. The van der Waals surface area contributed by atoms with E-state index < -0.39 is 5.60 Å². The molecule has 5 nitrogen and oxygen atoms in total. The number of carbonyl (C=O) groups excluding carboxylic acids is 2. The minimum atomic E-state index is -0.493. The van der Waals surface area contributed by atoms with Crippen molar-refractivity contribution in [1.29, 1.82) is 0 Å². The van der Waals surface area contributed by atoms with Gasteiger partial charge in [-0.15, -0.1) is 0 Å². The van der Waals surface area contributed by atoms with Crippen molar-refractivity contribution >= 4 is 27.8 Å². The number of pyridine rings is 1. The van der Waals surface area contributed by atoms with E-state index in [-0.39, 0.29) is 17.8 Å². The van der Waals surface area contributed by atoms with Gasteiger partial charge in [-0.2, -0.15) is 0 Å². The third-order valence-corrected chi connectivity index (χ3v) is 4.00. The molecular weight excluding hydrogens is 348 g/mol. The highest BCUT2D eigenvalue weighted by Crippen LogP contribution is 2.23. The predicted octanol–water partition coefficient (Wildman–Crippen LogP) is 3.67. The lowest BCUT2D eigenvalue weighted by Crippen LogP contribution is -2.43. The number of piperidine rings is 1. The molecule has 0 spiro atoms. The highest BCUT2D eigenvalue weighted by Gasteiger charge is 2.30. The quantitative estimate of drug-likeness (QED) is 0.590. The molecule has 1 amide bonds. The zero-order valence-electron chi connectivity index (χ0n) is 13.1. The van der Waals surface area contributed by atoms with Crippen LogP contribution in [0.25, 0.3) is 0 Å². The third kappa shape index (κ3) is 4.53. The van der Waals surface area contributed by atoms with E-state index in [2.05, 4.69) is 20.9 Å². The van der Waals surface area contributed by atoms with Crippen molar-refractivity contribution in [3.8, 4) is 0 Å². The molecule has 1 saturated heterocycles. The van der Waals surface area contributed by atoms with Gasteiger partial charge in [0.05, 0.1) is 0 Å². The Labute approximate surface area is 139 Å². The number of carbonyl (C=O) groups is 2. The molecule has 2 heterocycles. The summed E-state index contributed by atoms with van der Waals surface area (Å²) in [6.45, 7) is 6.65. The summed E-state index contributed by atoms with van der Waals surface area (Å²) in [5.74, 6) is 0.0468. The van der Waals surface area contributed by atoms with Gasteiger partial charge in [0, 0.05) is 30.8 Å². The first kappa shape index (κ1) is 16.9. The van der Waals surface area contributed by atoms with Crippen molar-refractivity contribution in [1.82, 2.24) is 9.88 Å². The number of hydrogen-bond donors (Lipinski definition) is 0. The minimum absolute atomic E-state index is 0.0540. The maximum Gasteiger partial charge on any atom is 0.410 e. The fraction of sp³-hybridized carbons (Fsp3) is 0.562. The van der Waals surface area contributed by atoms with Crippen LogP contribution in [0.5, 0.6) is 0 Å². The van der Waals surface area contributed by atoms with Gasteiger partial charge in [-0.05, 0) is 61.7 Å². The van der Waals surface area contributed by atoms with E-state index in [1.54, 1.807) is 23.2 Å². The second-order valence-corrected chi connectivity index (χ2v) is 7.29. The van der Waals surface area contributed by atoms with Gasteiger partial charge in [-0.3, -0.25) is 4.79 Å². The summed E-state index contributed by atoms with van der Waals surface area (Å²) in [6.07, 6.45) is 2.61. The molecule has 6 heteroatoms. The average molecular weight is 369 g/mol. The maximum atomic E-state index is 12.4. The number of amides is 1. The number of ether oxygens (including phenoxy) is 1. The SMILES string of the molecule is CC(C)(C)OC(=O)N1CCC(C(=O)c2ccc(Br)nc2)CC1. The Morgan fingerprint density at radius 1 is 1.27 bits per heavy atom. The van der Waals surface area contributed by atoms with Gasteiger partial charge in [0.15, 0.2) is 5.78 Å². The van der Waals surface area contributed by atoms with Crippen LogP contribution in [0.15, 0.2) is 22.9 Å². The van der Waals surface area contributed by atoms with Gasteiger partial charge >= 0.3 is 6.09 Å². The molecule has 0 aliphatic carbocycles. The zero-order valence-corrected chi connectivity index (χ0v) is 14.7. The molecule has 0 unspecified atom stereocenters. The third-order valence-electron chi connectivity index (χ3n) is 3.53. The lowest BCUT2D eigenvalue weighted by molar-refractivity contribution is 0.0182. The van der Waals surface area contributed by atoms with Crippen molar-refractivity contribution in [3.63, 3.8) is 0 Å². The smallest absolute Gasteiger partial charge is 0.410 e. The molecule has 0 atom stereocenters. The van der Waals surface area contributed by atoms with Crippen LogP contribution in [-0.4, -0.2) is 40.5 Å². The number of halogens is 1. The van der Waals surface area contributed by atoms with Crippen molar-refractivity contribution in [3.05, 3.63) is 28.5 Å². The lowest BCUT2D eigenvalue weighted by Gasteiger charge is -2.32. The Bertz CT molecular complexity index is 544. The molecule has 1 aromatic heterocycles. The van der Waals surface area contributed by atoms with E-state index in [4.69, 9.17) is 4.74 Å². The van der Waals surface area contributed by atoms with Crippen molar-refractivity contribution in [2.45, 2.75) is 39.2 Å². The van der Waals surface area contributed by atoms with Crippen LogP contribution in [0.2, 0.25) is 0 Å². The van der Waals surface area contributed by atoms with E-state index in [0.717, 1.165) is 0 Å². The summed E-state index contributed by atoms with van der Waals surface area (Å²) in [6, 6.07) is 3.54. The van der Waals surface area contributed by atoms with Crippen LogP contribution in [-0.2, 0) is 4.74 Å². The highest BCUT2D eigenvalue weighted by molar-refractivity contribution is 9.10. The number of rotatable bonds is 2. The second-order valence-electron chi connectivity index (χ2n) is 6.48. The zero-order chi connectivity index (χ0) is 16.3. The summed E-state index contributed by atoms with van der Waals surface area (Å²) in [5.41, 5.74) is 0.131. The number of ketones is 1. The van der Waals surface area contributed by atoms with Crippen LogP contribution in [0, 0.1) is 5.92 Å². The molecule has 120 valence electrons. The van der Waals surface area contributed by atoms with Crippen molar-refractivity contribution in [2.75, 3.05) is 13.1 Å². The standard InChI is InChI=1S/C16H21BrN2O3/c1-16(2,3)22-15(21)19-8-6-11(7-9-19)14(20)12-4-5-13(17)18-10-12/h4-5,10-11H,6-9H2,1-3H3. The van der Waals surface area contributed by atoms with E-state index in [9.17, 15) is 9.59 Å². The molecule has 1 aromatic rings. The molecule has 2 rings (SSSR count). The lowest BCUT2D eigenvalue weighted by atomic mass is 9.89. The summed E-state index contributed by atoms with van der Waals surface area (Å²) in [5, 5.41) is 0. The monoisotopic (exact) mass is 368 g/mol. The van der Waals surface area contributed by atoms with Crippen LogP contribution >= 0.6 is 15.9 Å². The van der Waals surface area contributed by atoms with Gasteiger partial charge in [0.1, 0.15) is 10.2 Å². The molecule has 1 fully saturated rings. The van der Waals surface area contributed by atoms with Crippen LogP contribution in [0.1, 0.15) is 44.0 Å². The fourth-order valence-electron chi connectivity index (χ4n) is 2.41. The number of aromatic nitrogens is 1. The Hall–Kier alpha value is -1.43. The molecule has 0 saturated carbocycles. The number of likely N-dealkylation sites (tertiary alicyclic amines) is 1. The maximum absolute atomic E-state index is 12.4. The van der Waals surface area contributed by atoms with Gasteiger partial charge < -0.3 is 9.64 Å². The Kier molecular flexibility index (Phi) is 5.21. The fourth-order valence-corrected chi connectivity index (χ4v) is 2.64. The van der Waals surface area contributed by atoms with Gasteiger partial charge in [-0.1, -0.05) is 0 Å². The van der Waals surface area contributed by atoms with Crippen LogP contribution in [0.4, 0.5) is 4.79 Å². The Morgan fingerprint density at radius 2 is 1.91 bits per heavy atom. The highest BCUT2D eigenvalue weighted by atomic mass is 79.9. The summed E-state index contributed by atoms with van der Waals surface area (Å²) < 4.78 is 6.07. The van der Waals surface area contributed by atoms with Gasteiger partial charge in [0.2, 0.25) is 0 Å². The minimum Gasteiger partial charge on any atom is -0.444 e. The van der Waals surface area contributed by atoms with E-state index in [0.29, 0.717) is 36.1 Å². The first-order valence-electron chi connectivity index (χ1n) is 7.40. The molecule has 22 heavy (non-hydrogen) atoms. The van der Waals surface area contributed by atoms with Crippen LogP contribution < -0.4 is 0 Å². The normalized spacial score (nSPS) is 16.5. The van der Waals surface area contributed by atoms with Gasteiger partial charge in [0.25, 0.3) is 0 Å². The molecule has 0 N–H and O–H groups in total. The van der Waals surface area contributed by atoms with Gasteiger partial charge in [-0.25, -0.2) is 9.78 Å². The van der Waals surface area contributed by atoms with E-state index in [1.165, 1.54) is 0 Å². The first-order valence-corrected chi connectivity index (χ1v) is 8.19. The van der Waals surface area contributed by atoms with Crippen LogP contribution in [0.3, 0.4) is 0 Å². The Balaban J connectivity index is 1.90. The van der Waals surface area contributed by atoms with Crippen molar-refractivity contribution < 1.29 is 14.3 Å². The molecule has 0 aromatic carbocycles. The topological polar surface area (TPSA) is 59.5 Å². The first-order chi connectivity index (χ1) is 10.3. The second kappa shape index (κ2) is 6.77. The Morgan fingerprint density at radius 3 is 2.41 bits per heavy atom. The molecule has 1 aliphatic rings. The predicted molar refractivity (Wildman–Crippen MR) is 86.8 cm³/mol. The number of hydrogen-bond acceptors (Lipinski definition) is 4. The average Bonchev–Trinajstić information content (AvgIpc) is 2.46.